The van der Waals surface area contributed by atoms with Crippen LogP contribution in [0.3, 0.4) is 0 Å². The number of benzene rings is 1. The molecule has 0 aliphatic carbocycles. The molecule has 0 unspecified atom stereocenters. The fourth-order valence-electron chi connectivity index (χ4n) is 1.48. The van der Waals surface area contributed by atoms with Crippen molar-refractivity contribution in [3.05, 3.63) is 52.4 Å². The van der Waals surface area contributed by atoms with Gasteiger partial charge in [0.25, 0.3) is 0 Å². The van der Waals surface area contributed by atoms with E-state index in [0.717, 1.165) is 11.6 Å². The van der Waals surface area contributed by atoms with Gasteiger partial charge in [-0.2, -0.15) is 0 Å². The molecule has 0 bridgehead atoms. The van der Waals surface area contributed by atoms with Crippen molar-refractivity contribution >= 4 is 23.0 Å². The lowest BCUT2D eigenvalue weighted by Crippen LogP contribution is -2.05. The van der Waals surface area contributed by atoms with Gasteiger partial charge in [0.05, 0.1) is 5.56 Å². The van der Waals surface area contributed by atoms with Gasteiger partial charge in [-0.15, -0.1) is 0 Å². The fourth-order valence-corrected chi connectivity index (χ4v) is 1.48. The molecule has 0 amide bonds. The van der Waals surface area contributed by atoms with E-state index < -0.39 is 11.6 Å². The van der Waals surface area contributed by atoms with E-state index in [0.29, 0.717) is 5.39 Å². The molecule has 0 aliphatic heterocycles. The quantitative estimate of drug-likeness (QED) is 0.781. The molecule has 2 rings (SSSR count). The summed E-state index contributed by atoms with van der Waals surface area (Å²) in [5, 5.41) is 9.36. The highest BCUT2D eigenvalue weighted by atomic mass is 16.4. The van der Waals surface area contributed by atoms with Gasteiger partial charge in [-0.05, 0) is 17.7 Å². The van der Waals surface area contributed by atoms with Crippen molar-refractivity contribution in [2.45, 2.75) is 0 Å². The van der Waals surface area contributed by atoms with Crippen molar-refractivity contribution in [2.24, 2.45) is 0 Å². The number of fused-ring (bicyclic) bond motifs is 1. The zero-order valence-electron chi connectivity index (χ0n) is 8.27. The number of hydrogen-bond acceptors (Lipinski definition) is 3. The summed E-state index contributed by atoms with van der Waals surface area (Å²) < 4.78 is 4.90. The van der Waals surface area contributed by atoms with E-state index in [1.807, 2.05) is 0 Å². The van der Waals surface area contributed by atoms with Gasteiger partial charge < -0.3 is 9.52 Å². The third-order valence-electron chi connectivity index (χ3n) is 2.23. The van der Waals surface area contributed by atoms with Crippen LogP contribution in [0, 0.1) is 0 Å². The van der Waals surface area contributed by atoms with E-state index in [1.54, 1.807) is 24.3 Å². The average Bonchev–Trinajstić information content (AvgIpc) is 2.27. The van der Waals surface area contributed by atoms with Crippen LogP contribution >= 0.6 is 0 Å². The number of carboxylic acids is 1. The monoisotopic (exact) mass is 216 g/mol. The second-order valence-corrected chi connectivity index (χ2v) is 3.24. The minimum Gasteiger partial charge on any atom is -0.478 e. The maximum Gasteiger partial charge on any atom is 0.337 e. The number of carboxylic acid groups (broad SMARTS) is 1. The minimum absolute atomic E-state index is 0.0602. The molecule has 1 heterocycles. The summed E-state index contributed by atoms with van der Waals surface area (Å²) in [6, 6.07) is 5.84. The Bertz CT molecular complexity index is 637. The van der Waals surface area contributed by atoms with Crippen LogP contribution in [0.2, 0.25) is 0 Å². The maximum absolute atomic E-state index is 11.1. The van der Waals surface area contributed by atoms with Crippen LogP contribution in [0.5, 0.6) is 0 Å². The van der Waals surface area contributed by atoms with E-state index in [2.05, 4.69) is 6.58 Å². The Morgan fingerprint density at radius 1 is 1.38 bits per heavy atom. The van der Waals surface area contributed by atoms with Crippen molar-refractivity contribution < 1.29 is 14.3 Å². The molecule has 1 aromatic heterocycles. The Hall–Kier alpha value is -2.36. The Morgan fingerprint density at radius 2 is 2.12 bits per heavy atom. The highest BCUT2D eigenvalue weighted by Crippen LogP contribution is 2.19. The molecule has 0 aliphatic rings. The lowest BCUT2D eigenvalue weighted by Gasteiger charge is -2.01. The van der Waals surface area contributed by atoms with Crippen molar-refractivity contribution in [2.75, 3.05) is 0 Å². The Morgan fingerprint density at radius 3 is 2.75 bits per heavy atom. The Labute approximate surface area is 90.4 Å². The first-order valence-electron chi connectivity index (χ1n) is 4.55. The first kappa shape index (κ1) is 10.2. The second kappa shape index (κ2) is 3.66. The number of carbonyl (C=O) groups is 1. The van der Waals surface area contributed by atoms with Gasteiger partial charge in [-0.1, -0.05) is 18.7 Å². The standard InChI is InChI=1S/C12H8O4/c1-2-7-3-4-10-8(5-7)9(12(14)15)6-11(13)16-10/h2-6H,1H2,(H,14,15). The van der Waals surface area contributed by atoms with E-state index in [4.69, 9.17) is 9.52 Å². The molecule has 1 aromatic carbocycles. The number of aromatic carboxylic acids is 1. The summed E-state index contributed by atoms with van der Waals surface area (Å²) >= 11 is 0. The Balaban J connectivity index is 2.91. The van der Waals surface area contributed by atoms with Crippen LogP contribution < -0.4 is 5.63 Å². The van der Waals surface area contributed by atoms with Crippen molar-refractivity contribution in [3.63, 3.8) is 0 Å². The van der Waals surface area contributed by atoms with E-state index in [1.165, 1.54) is 0 Å². The van der Waals surface area contributed by atoms with Crippen LogP contribution in [0.1, 0.15) is 15.9 Å². The summed E-state index contributed by atoms with van der Waals surface area (Å²) in [5.41, 5.74) is 0.297. The molecule has 4 heteroatoms. The van der Waals surface area contributed by atoms with Gasteiger partial charge in [0, 0.05) is 11.5 Å². The zero-order valence-corrected chi connectivity index (χ0v) is 8.27. The molecular formula is C12H8O4. The Kier molecular flexibility index (Phi) is 2.32. The number of rotatable bonds is 2. The topological polar surface area (TPSA) is 67.5 Å². The van der Waals surface area contributed by atoms with E-state index >= 15 is 0 Å². The molecule has 4 nitrogen and oxygen atoms in total. The molecule has 80 valence electrons. The molecule has 0 saturated heterocycles. The third-order valence-corrected chi connectivity index (χ3v) is 2.23. The van der Waals surface area contributed by atoms with Crippen molar-refractivity contribution in [1.29, 1.82) is 0 Å². The van der Waals surface area contributed by atoms with Crippen LogP contribution in [0.25, 0.3) is 17.0 Å². The smallest absolute Gasteiger partial charge is 0.337 e. The average molecular weight is 216 g/mol. The van der Waals surface area contributed by atoms with Gasteiger partial charge in [0.1, 0.15) is 5.58 Å². The fraction of sp³-hybridized carbons (Fsp3) is 0. The third kappa shape index (κ3) is 1.61. The minimum atomic E-state index is -1.15. The van der Waals surface area contributed by atoms with Crippen LogP contribution in [0.4, 0.5) is 0 Å². The largest absolute Gasteiger partial charge is 0.478 e. The molecule has 0 saturated carbocycles. The predicted octanol–water partition coefficient (Wildman–Crippen LogP) is 2.13. The van der Waals surface area contributed by atoms with Gasteiger partial charge in [0.15, 0.2) is 0 Å². The molecule has 0 fully saturated rings. The van der Waals surface area contributed by atoms with E-state index in [-0.39, 0.29) is 11.1 Å². The van der Waals surface area contributed by atoms with Gasteiger partial charge >= 0.3 is 11.6 Å². The normalized spacial score (nSPS) is 10.2. The first-order chi connectivity index (χ1) is 7.61. The molecule has 0 atom stereocenters. The van der Waals surface area contributed by atoms with E-state index in [9.17, 15) is 9.59 Å². The molecule has 16 heavy (non-hydrogen) atoms. The highest BCUT2D eigenvalue weighted by Gasteiger charge is 2.11. The van der Waals surface area contributed by atoms with Crippen LogP contribution in [-0.4, -0.2) is 11.1 Å². The predicted molar refractivity (Wildman–Crippen MR) is 59.5 cm³/mol. The number of hydrogen-bond donors (Lipinski definition) is 1. The SMILES string of the molecule is C=Cc1ccc2oc(=O)cc(C(=O)O)c2c1. The van der Waals surface area contributed by atoms with Crippen molar-refractivity contribution in [1.82, 2.24) is 0 Å². The maximum atomic E-state index is 11.1. The summed E-state index contributed by atoms with van der Waals surface area (Å²) in [6.45, 7) is 3.59. The van der Waals surface area contributed by atoms with Crippen molar-refractivity contribution in [3.8, 4) is 0 Å². The second-order valence-electron chi connectivity index (χ2n) is 3.24. The molecule has 0 spiro atoms. The summed E-state index contributed by atoms with van der Waals surface area (Å²) in [7, 11) is 0. The zero-order chi connectivity index (χ0) is 11.7. The molecular weight excluding hydrogens is 208 g/mol. The molecule has 2 aromatic rings. The van der Waals surface area contributed by atoms with Gasteiger partial charge in [0.2, 0.25) is 0 Å². The summed E-state index contributed by atoms with van der Waals surface area (Å²) in [6.07, 6.45) is 1.59. The van der Waals surface area contributed by atoms with Crippen LogP contribution in [-0.2, 0) is 0 Å². The lowest BCUT2D eigenvalue weighted by atomic mass is 10.1. The summed E-state index contributed by atoms with van der Waals surface area (Å²) in [5.74, 6) is -1.15. The van der Waals surface area contributed by atoms with Gasteiger partial charge in [-0.25, -0.2) is 9.59 Å². The molecule has 0 radical (unpaired) electrons. The van der Waals surface area contributed by atoms with Crippen LogP contribution in [0.15, 0.2) is 40.1 Å². The first-order valence-corrected chi connectivity index (χ1v) is 4.55. The lowest BCUT2D eigenvalue weighted by molar-refractivity contribution is 0.0698. The summed E-state index contributed by atoms with van der Waals surface area (Å²) in [4.78, 5) is 22.1. The van der Waals surface area contributed by atoms with Gasteiger partial charge in [-0.3, -0.25) is 0 Å². The highest BCUT2D eigenvalue weighted by molar-refractivity contribution is 6.02. The molecule has 1 N–H and O–H groups in total.